The number of nitrogens with one attached hydrogen (secondary N) is 1. The van der Waals surface area contributed by atoms with E-state index in [0.717, 1.165) is 5.56 Å². The van der Waals surface area contributed by atoms with Gasteiger partial charge in [0.15, 0.2) is 0 Å². The minimum absolute atomic E-state index is 0.107. The van der Waals surface area contributed by atoms with Crippen LogP contribution in [0.15, 0.2) is 18.2 Å². The smallest absolute Gasteiger partial charge is 0.352 e. The quantitative estimate of drug-likeness (QED) is 0.739. The Balaban J connectivity index is 2.85. The van der Waals surface area contributed by atoms with Gasteiger partial charge in [0.05, 0.1) is 17.1 Å². The second-order valence-electron chi connectivity index (χ2n) is 3.32. The minimum Gasteiger partial charge on any atom is -0.477 e. The van der Waals surface area contributed by atoms with Gasteiger partial charge in [-0.3, -0.25) is 0 Å². The van der Waals surface area contributed by atoms with Crippen LogP contribution >= 0.6 is 0 Å². The SMILES string of the molecule is Cc1ccc(C#N)c2cc(C(=O)O)[nH]c12. The van der Waals surface area contributed by atoms with E-state index in [-0.39, 0.29) is 5.69 Å². The molecule has 2 N–H and O–H groups in total. The highest BCUT2D eigenvalue weighted by Crippen LogP contribution is 2.22. The zero-order chi connectivity index (χ0) is 11.0. The maximum Gasteiger partial charge on any atom is 0.352 e. The molecule has 0 bridgehead atoms. The summed E-state index contributed by atoms with van der Waals surface area (Å²) < 4.78 is 0. The summed E-state index contributed by atoms with van der Waals surface area (Å²) in [5.74, 6) is -1.02. The molecule has 0 fully saturated rings. The maximum atomic E-state index is 10.8. The number of H-pyrrole nitrogens is 1. The monoisotopic (exact) mass is 200 g/mol. The molecule has 2 rings (SSSR count). The van der Waals surface area contributed by atoms with Crippen molar-refractivity contribution in [2.45, 2.75) is 6.92 Å². The van der Waals surface area contributed by atoms with Gasteiger partial charge in [0.2, 0.25) is 0 Å². The Kier molecular flexibility index (Phi) is 1.94. The molecule has 1 aromatic carbocycles. The molecule has 15 heavy (non-hydrogen) atoms. The molecule has 74 valence electrons. The molecule has 0 spiro atoms. The molecule has 1 heterocycles. The number of rotatable bonds is 1. The number of nitriles is 1. The van der Waals surface area contributed by atoms with Gasteiger partial charge in [-0.2, -0.15) is 5.26 Å². The predicted molar refractivity (Wildman–Crippen MR) is 54.7 cm³/mol. The number of carboxylic acid groups (broad SMARTS) is 1. The van der Waals surface area contributed by atoms with E-state index in [1.807, 2.05) is 13.0 Å². The number of carbonyl (C=O) groups is 1. The van der Waals surface area contributed by atoms with E-state index >= 15 is 0 Å². The summed E-state index contributed by atoms with van der Waals surface area (Å²) in [6.45, 7) is 1.87. The number of nitrogens with zero attached hydrogens (tertiary/aromatic N) is 1. The lowest BCUT2D eigenvalue weighted by atomic mass is 10.1. The molecule has 0 saturated carbocycles. The fourth-order valence-electron chi connectivity index (χ4n) is 1.57. The molecule has 0 amide bonds. The third-order valence-corrected chi connectivity index (χ3v) is 2.35. The number of fused-ring (bicyclic) bond motifs is 1. The first-order chi connectivity index (χ1) is 7.13. The summed E-state index contributed by atoms with van der Waals surface area (Å²) in [6, 6.07) is 7.01. The largest absolute Gasteiger partial charge is 0.477 e. The zero-order valence-electron chi connectivity index (χ0n) is 8.03. The summed E-state index contributed by atoms with van der Waals surface area (Å²) in [7, 11) is 0. The molecule has 0 aliphatic carbocycles. The highest BCUT2D eigenvalue weighted by Gasteiger charge is 2.11. The molecule has 1 aromatic heterocycles. The first kappa shape index (κ1) is 9.28. The van der Waals surface area contributed by atoms with Gasteiger partial charge >= 0.3 is 5.97 Å². The minimum atomic E-state index is -1.02. The molecule has 0 aliphatic rings. The highest BCUT2D eigenvalue weighted by molar-refractivity contribution is 5.97. The van der Waals surface area contributed by atoms with E-state index in [9.17, 15) is 4.79 Å². The first-order valence-electron chi connectivity index (χ1n) is 4.39. The fraction of sp³-hybridized carbons (Fsp3) is 0.0909. The maximum absolute atomic E-state index is 10.8. The van der Waals surface area contributed by atoms with Crippen molar-refractivity contribution in [3.63, 3.8) is 0 Å². The van der Waals surface area contributed by atoms with Crippen LogP contribution in [-0.4, -0.2) is 16.1 Å². The average Bonchev–Trinajstić information content (AvgIpc) is 2.64. The van der Waals surface area contributed by atoms with Crippen LogP contribution < -0.4 is 0 Å². The second-order valence-corrected chi connectivity index (χ2v) is 3.32. The Hall–Kier alpha value is -2.28. The van der Waals surface area contributed by atoms with Crippen LogP contribution in [0.4, 0.5) is 0 Å². The van der Waals surface area contributed by atoms with Crippen molar-refractivity contribution in [2.75, 3.05) is 0 Å². The lowest BCUT2D eigenvalue weighted by Crippen LogP contribution is -1.94. The molecule has 0 aliphatic heterocycles. The number of aryl methyl sites for hydroxylation is 1. The van der Waals surface area contributed by atoms with Gasteiger partial charge in [-0.15, -0.1) is 0 Å². The second kappa shape index (κ2) is 3.14. The predicted octanol–water partition coefficient (Wildman–Crippen LogP) is 2.05. The Bertz CT molecular complexity index is 590. The summed E-state index contributed by atoms with van der Waals surface area (Å²) in [5, 5.41) is 18.4. The van der Waals surface area contributed by atoms with Crippen LogP contribution in [0.1, 0.15) is 21.6 Å². The van der Waals surface area contributed by atoms with Crippen molar-refractivity contribution >= 4 is 16.9 Å². The van der Waals surface area contributed by atoms with E-state index in [4.69, 9.17) is 10.4 Å². The number of benzene rings is 1. The van der Waals surface area contributed by atoms with Crippen LogP contribution in [0.2, 0.25) is 0 Å². The Labute approximate surface area is 85.8 Å². The standard InChI is InChI=1S/C11H8N2O2/c1-6-2-3-7(5-12)8-4-9(11(14)15)13-10(6)8/h2-4,13H,1H3,(H,14,15). The summed E-state index contributed by atoms with van der Waals surface area (Å²) >= 11 is 0. The van der Waals surface area contributed by atoms with Crippen LogP contribution in [0.25, 0.3) is 10.9 Å². The van der Waals surface area contributed by atoms with Crippen molar-refractivity contribution in [2.24, 2.45) is 0 Å². The molecular formula is C11H8N2O2. The normalized spacial score (nSPS) is 10.1. The van der Waals surface area contributed by atoms with E-state index in [1.165, 1.54) is 6.07 Å². The Morgan fingerprint density at radius 3 is 2.87 bits per heavy atom. The number of hydrogen-bond acceptors (Lipinski definition) is 2. The average molecular weight is 200 g/mol. The number of aromatic amines is 1. The number of carboxylic acids is 1. The highest BCUT2D eigenvalue weighted by atomic mass is 16.4. The van der Waals surface area contributed by atoms with Crippen molar-refractivity contribution < 1.29 is 9.90 Å². The fourth-order valence-corrected chi connectivity index (χ4v) is 1.57. The third-order valence-electron chi connectivity index (χ3n) is 2.35. The first-order valence-corrected chi connectivity index (χ1v) is 4.39. The van der Waals surface area contributed by atoms with E-state index in [0.29, 0.717) is 16.5 Å². The van der Waals surface area contributed by atoms with Gasteiger partial charge in [-0.1, -0.05) is 6.07 Å². The van der Waals surface area contributed by atoms with Crippen LogP contribution in [0, 0.1) is 18.3 Å². The van der Waals surface area contributed by atoms with Crippen LogP contribution in [-0.2, 0) is 0 Å². The molecule has 0 saturated heterocycles. The van der Waals surface area contributed by atoms with Crippen molar-refractivity contribution in [3.8, 4) is 6.07 Å². The number of aromatic carboxylic acids is 1. The van der Waals surface area contributed by atoms with Gasteiger partial charge in [0.25, 0.3) is 0 Å². The zero-order valence-corrected chi connectivity index (χ0v) is 8.03. The number of aromatic nitrogens is 1. The molecule has 0 atom stereocenters. The van der Waals surface area contributed by atoms with E-state index in [2.05, 4.69) is 4.98 Å². The third kappa shape index (κ3) is 1.34. The van der Waals surface area contributed by atoms with Gasteiger partial charge in [0, 0.05) is 5.39 Å². The molecule has 4 heteroatoms. The summed E-state index contributed by atoms with van der Waals surface area (Å²) in [5.41, 5.74) is 2.23. The molecule has 0 unspecified atom stereocenters. The van der Waals surface area contributed by atoms with Gasteiger partial charge in [-0.25, -0.2) is 4.79 Å². The molecule has 2 aromatic rings. The van der Waals surface area contributed by atoms with Crippen molar-refractivity contribution in [1.29, 1.82) is 5.26 Å². The Morgan fingerprint density at radius 1 is 1.53 bits per heavy atom. The lowest BCUT2D eigenvalue weighted by molar-refractivity contribution is 0.0691. The Morgan fingerprint density at radius 2 is 2.27 bits per heavy atom. The van der Waals surface area contributed by atoms with Crippen molar-refractivity contribution in [3.05, 3.63) is 35.0 Å². The van der Waals surface area contributed by atoms with Gasteiger partial charge in [-0.05, 0) is 24.6 Å². The van der Waals surface area contributed by atoms with Crippen molar-refractivity contribution in [1.82, 2.24) is 4.98 Å². The van der Waals surface area contributed by atoms with E-state index < -0.39 is 5.97 Å². The van der Waals surface area contributed by atoms with Crippen LogP contribution in [0.5, 0.6) is 0 Å². The van der Waals surface area contributed by atoms with Gasteiger partial charge in [0.1, 0.15) is 5.69 Å². The molecule has 0 radical (unpaired) electrons. The molecular weight excluding hydrogens is 192 g/mol. The summed E-state index contributed by atoms with van der Waals surface area (Å²) in [6.07, 6.45) is 0. The van der Waals surface area contributed by atoms with E-state index in [1.54, 1.807) is 12.1 Å². The molecule has 4 nitrogen and oxygen atoms in total. The van der Waals surface area contributed by atoms with Gasteiger partial charge < -0.3 is 10.1 Å². The summed E-state index contributed by atoms with van der Waals surface area (Å²) in [4.78, 5) is 13.6. The number of hydrogen-bond donors (Lipinski definition) is 2. The van der Waals surface area contributed by atoms with Crippen LogP contribution in [0.3, 0.4) is 0 Å². The topological polar surface area (TPSA) is 76.9 Å². The lowest BCUT2D eigenvalue weighted by Gasteiger charge is -1.96.